The normalized spacial score (nSPS) is 11.1. The van der Waals surface area contributed by atoms with E-state index < -0.39 is 0 Å². The number of hydrogen-bond acceptors (Lipinski definition) is 7. The van der Waals surface area contributed by atoms with Gasteiger partial charge in [-0.1, -0.05) is 42.1 Å². The number of rotatable bonds is 7. The molecule has 0 saturated heterocycles. The molecule has 0 radical (unpaired) electrons. The van der Waals surface area contributed by atoms with Gasteiger partial charge >= 0.3 is 0 Å². The molecular weight excluding hydrogens is 462 g/mol. The molecule has 0 amide bonds. The minimum atomic E-state index is -0.177. The van der Waals surface area contributed by atoms with Crippen LogP contribution >= 0.6 is 11.8 Å². The zero-order valence-electron chi connectivity index (χ0n) is 19.5. The molecule has 3 aromatic carbocycles. The Morgan fingerprint density at radius 3 is 2.49 bits per heavy atom. The van der Waals surface area contributed by atoms with E-state index in [1.807, 2.05) is 55.5 Å². The summed E-state index contributed by atoms with van der Waals surface area (Å²) in [4.78, 5) is 23.1. The first-order chi connectivity index (χ1) is 17.1. The first-order valence-corrected chi connectivity index (χ1v) is 12.0. The van der Waals surface area contributed by atoms with Crippen molar-refractivity contribution in [3.63, 3.8) is 0 Å². The molecule has 0 aliphatic heterocycles. The summed E-state index contributed by atoms with van der Waals surface area (Å²) in [5.74, 6) is 2.92. The number of thioether (sulfide) groups is 1. The average molecular weight is 486 g/mol. The van der Waals surface area contributed by atoms with Crippen LogP contribution in [0.25, 0.3) is 28.0 Å². The number of aromatic nitrogens is 3. The number of ether oxygens (including phenoxy) is 2. The van der Waals surface area contributed by atoms with Gasteiger partial charge in [-0.2, -0.15) is 0 Å². The van der Waals surface area contributed by atoms with Crippen LogP contribution in [0, 0.1) is 6.92 Å². The van der Waals surface area contributed by atoms with Gasteiger partial charge < -0.3 is 13.9 Å². The lowest BCUT2D eigenvalue weighted by atomic mass is 10.2. The number of methoxy groups -OCH3 is 2. The van der Waals surface area contributed by atoms with Crippen molar-refractivity contribution >= 4 is 22.7 Å². The van der Waals surface area contributed by atoms with Crippen molar-refractivity contribution in [2.75, 3.05) is 14.2 Å². The van der Waals surface area contributed by atoms with Crippen molar-refractivity contribution in [2.24, 2.45) is 0 Å². The van der Waals surface area contributed by atoms with Gasteiger partial charge in [0.05, 0.1) is 36.5 Å². The van der Waals surface area contributed by atoms with Crippen molar-refractivity contribution in [2.45, 2.75) is 17.8 Å². The van der Waals surface area contributed by atoms with Crippen molar-refractivity contribution in [3.05, 3.63) is 94.6 Å². The number of para-hydroxylation sites is 1. The van der Waals surface area contributed by atoms with Crippen LogP contribution in [0.4, 0.5) is 0 Å². The number of aryl methyl sites for hydroxylation is 1. The summed E-state index contributed by atoms with van der Waals surface area (Å²) in [7, 11) is 3.15. The number of fused-ring (bicyclic) bond motifs is 1. The highest BCUT2D eigenvalue weighted by molar-refractivity contribution is 7.98. The summed E-state index contributed by atoms with van der Waals surface area (Å²) in [6, 6.07) is 22.4. The molecule has 8 heteroatoms. The van der Waals surface area contributed by atoms with Crippen LogP contribution in [0.3, 0.4) is 0 Å². The van der Waals surface area contributed by atoms with Gasteiger partial charge in [-0.25, -0.2) is 9.97 Å². The minimum absolute atomic E-state index is 0.177. The van der Waals surface area contributed by atoms with Crippen LogP contribution in [0.5, 0.6) is 11.5 Å². The van der Waals surface area contributed by atoms with E-state index in [2.05, 4.69) is 0 Å². The summed E-state index contributed by atoms with van der Waals surface area (Å²) in [6.07, 6.45) is 0. The topological polar surface area (TPSA) is 79.4 Å². The quantitative estimate of drug-likeness (QED) is 0.217. The summed E-state index contributed by atoms with van der Waals surface area (Å²) in [5.41, 5.74) is 2.75. The lowest BCUT2D eigenvalue weighted by molar-refractivity contribution is 0.392. The smallest absolute Gasteiger partial charge is 0.266 e. The molecule has 2 heterocycles. The fourth-order valence-electron chi connectivity index (χ4n) is 3.79. The Kier molecular flexibility index (Phi) is 6.29. The molecule has 7 nitrogen and oxygen atoms in total. The highest BCUT2D eigenvalue weighted by Gasteiger charge is 2.19. The van der Waals surface area contributed by atoms with E-state index in [4.69, 9.17) is 23.9 Å². The predicted octanol–water partition coefficient (Wildman–Crippen LogP) is 5.66. The van der Waals surface area contributed by atoms with Crippen LogP contribution in [0.1, 0.15) is 11.5 Å². The predicted molar refractivity (Wildman–Crippen MR) is 137 cm³/mol. The Morgan fingerprint density at radius 1 is 0.943 bits per heavy atom. The number of hydrogen-bond donors (Lipinski definition) is 0. The standard InChI is InChI=1S/C27H23N3O4S/c1-17-22(28-25(34-17)18-9-5-4-6-10-18)16-35-27-29-21-12-8-7-11-20(21)26(31)30(27)23-14-13-19(32-2)15-24(23)33-3/h4-15H,16H2,1-3H3. The number of benzene rings is 3. The molecule has 0 N–H and O–H groups in total. The van der Waals surface area contributed by atoms with E-state index in [1.165, 1.54) is 11.8 Å². The molecule has 0 fully saturated rings. The van der Waals surface area contributed by atoms with Crippen LogP contribution in [0.2, 0.25) is 0 Å². The van der Waals surface area contributed by atoms with Crippen molar-refractivity contribution in [1.82, 2.24) is 14.5 Å². The van der Waals surface area contributed by atoms with Gasteiger partial charge in [0.15, 0.2) is 5.16 Å². The molecule has 0 saturated carbocycles. The molecule has 2 aromatic heterocycles. The molecule has 0 spiro atoms. The lowest BCUT2D eigenvalue weighted by Gasteiger charge is -2.16. The Bertz CT molecular complexity index is 1560. The van der Waals surface area contributed by atoms with Gasteiger partial charge in [-0.15, -0.1) is 0 Å². The van der Waals surface area contributed by atoms with Gasteiger partial charge in [-0.3, -0.25) is 9.36 Å². The average Bonchev–Trinajstić information content (AvgIpc) is 3.28. The van der Waals surface area contributed by atoms with Crippen LogP contribution in [-0.4, -0.2) is 28.8 Å². The lowest BCUT2D eigenvalue weighted by Crippen LogP contribution is -2.22. The van der Waals surface area contributed by atoms with E-state index in [1.54, 1.807) is 43.1 Å². The monoisotopic (exact) mass is 485 g/mol. The third-order valence-electron chi connectivity index (χ3n) is 5.62. The third kappa shape index (κ3) is 4.40. The number of oxazole rings is 1. The first kappa shape index (κ1) is 22.7. The zero-order valence-corrected chi connectivity index (χ0v) is 20.3. The van der Waals surface area contributed by atoms with Gasteiger partial charge in [0.2, 0.25) is 5.89 Å². The van der Waals surface area contributed by atoms with Crippen LogP contribution < -0.4 is 15.0 Å². The SMILES string of the molecule is COc1ccc(-n2c(SCc3nc(-c4ccccc4)oc3C)nc3ccccc3c2=O)c(OC)c1. The van der Waals surface area contributed by atoms with Crippen LogP contribution in [-0.2, 0) is 5.75 Å². The first-order valence-electron chi connectivity index (χ1n) is 11.0. The summed E-state index contributed by atoms with van der Waals surface area (Å²) < 4.78 is 18.4. The summed E-state index contributed by atoms with van der Waals surface area (Å²) in [6.45, 7) is 1.89. The molecule has 35 heavy (non-hydrogen) atoms. The van der Waals surface area contributed by atoms with Crippen molar-refractivity contribution in [3.8, 4) is 28.6 Å². The van der Waals surface area contributed by atoms with Gasteiger partial charge in [0.1, 0.15) is 17.3 Å². The van der Waals surface area contributed by atoms with Crippen molar-refractivity contribution < 1.29 is 13.9 Å². The van der Waals surface area contributed by atoms with E-state index >= 15 is 0 Å². The maximum absolute atomic E-state index is 13.6. The molecule has 0 bridgehead atoms. The van der Waals surface area contributed by atoms with Crippen molar-refractivity contribution in [1.29, 1.82) is 0 Å². The maximum atomic E-state index is 13.6. The van der Waals surface area contributed by atoms with E-state index in [0.29, 0.717) is 44.9 Å². The highest BCUT2D eigenvalue weighted by Crippen LogP contribution is 2.32. The molecule has 5 rings (SSSR count). The fourth-order valence-corrected chi connectivity index (χ4v) is 4.80. The van der Waals surface area contributed by atoms with Gasteiger partial charge in [-0.05, 0) is 43.3 Å². The zero-order chi connectivity index (χ0) is 24.4. The number of nitrogens with zero attached hydrogens (tertiary/aromatic N) is 3. The fraction of sp³-hybridized carbons (Fsp3) is 0.148. The highest BCUT2D eigenvalue weighted by atomic mass is 32.2. The Labute approximate surface area is 206 Å². The second-order valence-corrected chi connectivity index (χ2v) is 8.71. The molecular formula is C27H23N3O4S. The molecule has 0 unspecified atom stereocenters. The Hall–Kier alpha value is -4.04. The molecule has 0 aliphatic carbocycles. The summed E-state index contributed by atoms with van der Waals surface area (Å²) in [5, 5.41) is 1.06. The second-order valence-electron chi connectivity index (χ2n) is 7.77. The van der Waals surface area contributed by atoms with Gasteiger partial charge in [0.25, 0.3) is 5.56 Å². The van der Waals surface area contributed by atoms with E-state index in [0.717, 1.165) is 17.0 Å². The maximum Gasteiger partial charge on any atom is 0.266 e. The molecule has 0 atom stereocenters. The van der Waals surface area contributed by atoms with Crippen LogP contribution in [0.15, 0.2) is 87.2 Å². The largest absolute Gasteiger partial charge is 0.497 e. The van der Waals surface area contributed by atoms with E-state index in [-0.39, 0.29) is 5.56 Å². The molecule has 5 aromatic rings. The Morgan fingerprint density at radius 2 is 1.71 bits per heavy atom. The summed E-state index contributed by atoms with van der Waals surface area (Å²) >= 11 is 1.42. The molecule has 0 aliphatic rings. The third-order valence-corrected chi connectivity index (χ3v) is 6.57. The van der Waals surface area contributed by atoms with E-state index in [9.17, 15) is 4.79 Å². The second kappa shape index (κ2) is 9.68. The van der Waals surface area contributed by atoms with Gasteiger partial charge in [0, 0.05) is 17.4 Å². The Balaban J connectivity index is 1.58. The minimum Gasteiger partial charge on any atom is -0.497 e. The molecule has 176 valence electrons.